The lowest BCUT2D eigenvalue weighted by molar-refractivity contribution is -0.140. The molecule has 2 saturated heterocycles. The number of benzene rings is 2. The number of likely N-dealkylation sites (tertiary alicyclic amines) is 1. The number of carbonyl (C=O) groups excluding carboxylic acids is 5. The van der Waals surface area contributed by atoms with Crippen LogP contribution >= 0.6 is 23.2 Å². The Morgan fingerprint density at radius 1 is 1.02 bits per heavy atom. The van der Waals surface area contributed by atoms with Crippen molar-refractivity contribution in [3.05, 3.63) is 98.9 Å². The van der Waals surface area contributed by atoms with Crippen molar-refractivity contribution in [2.45, 2.75) is 30.4 Å². The van der Waals surface area contributed by atoms with Gasteiger partial charge in [0.2, 0.25) is 11.8 Å². The molecule has 6 amide bonds. The van der Waals surface area contributed by atoms with Gasteiger partial charge in [0.25, 0.3) is 11.8 Å². The SMILES string of the molecule is NC(=O)N1C(=O)[C@H]2[C@H](CC=C3[C@H]2C[C@H]2C(=O)N(Nc4ncc(C(F)(F)F)cc4Cl)C(=O)[C@@]2(c2ccc(Cl)cc2)[C@H]3c2cccc(F)c2O)C1=O. The first-order valence-electron chi connectivity index (χ1n) is 15.1. The molecule has 1 saturated carbocycles. The molecule has 11 nitrogen and oxygen atoms in total. The highest BCUT2D eigenvalue weighted by atomic mass is 35.5. The number of alkyl halides is 3. The third-order valence-corrected chi connectivity index (χ3v) is 10.6. The van der Waals surface area contributed by atoms with E-state index in [2.05, 4.69) is 10.4 Å². The number of hydrogen-bond donors (Lipinski definition) is 3. The number of primary amides is 1. The molecule has 0 bridgehead atoms. The number of aromatic nitrogens is 1. The average molecular weight is 732 g/mol. The first-order valence-corrected chi connectivity index (χ1v) is 15.8. The Hall–Kier alpha value is -5.02. The Balaban J connectivity index is 1.45. The number of para-hydroxylation sites is 1. The molecule has 2 aliphatic heterocycles. The predicted molar refractivity (Wildman–Crippen MR) is 166 cm³/mol. The van der Waals surface area contributed by atoms with E-state index in [1.54, 1.807) is 6.08 Å². The Bertz CT molecular complexity index is 2060. The number of hydrogen-bond acceptors (Lipinski definition) is 8. The number of hydrazine groups is 1. The lowest BCUT2D eigenvalue weighted by Crippen LogP contribution is -2.53. The molecule has 2 aliphatic carbocycles. The lowest BCUT2D eigenvalue weighted by Gasteiger charge is -2.50. The fourth-order valence-corrected chi connectivity index (χ4v) is 8.44. The van der Waals surface area contributed by atoms with Crippen LogP contribution in [0.25, 0.3) is 0 Å². The number of imide groups is 4. The molecule has 6 atom stereocenters. The molecule has 17 heteroatoms. The maximum atomic E-state index is 15.1. The summed E-state index contributed by atoms with van der Waals surface area (Å²) in [5.74, 6) is -12.0. The monoisotopic (exact) mass is 731 g/mol. The highest BCUT2D eigenvalue weighted by molar-refractivity contribution is 6.33. The van der Waals surface area contributed by atoms with Crippen LogP contribution in [0.4, 0.5) is 28.2 Å². The van der Waals surface area contributed by atoms with Gasteiger partial charge in [0.15, 0.2) is 17.4 Å². The van der Waals surface area contributed by atoms with Gasteiger partial charge in [-0.15, -0.1) is 0 Å². The second kappa shape index (κ2) is 11.5. The van der Waals surface area contributed by atoms with Crippen molar-refractivity contribution >= 4 is 58.7 Å². The van der Waals surface area contributed by atoms with Crippen LogP contribution in [-0.4, -0.2) is 49.7 Å². The summed E-state index contributed by atoms with van der Waals surface area (Å²) >= 11 is 12.3. The minimum atomic E-state index is -4.80. The number of nitrogens with one attached hydrogen (secondary N) is 1. The number of urea groups is 1. The minimum absolute atomic E-state index is 0.0893. The van der Waals surface area contributed by atoms with Gasteiger partial charge in [0.1, 0.15) is 0 Å². The third kappa shape index (κ3) is 4.70. The molecule has 2 aromatic carbocycles. The summed E-state index contributed by atoms with van der Waals surface area (Å²) in [4.78, 5) is 72.6. The number of phenolic OH excluding ortho intramolecular Hbond substituents is 1. The number of rotatable bonds is 4. The summed E-state index contributed by atoms with van der Waals surface area (Å²) in [6.07, 6.45) is -3.10. The molecule has 50 heavy (non-hydrogen) atoms. The fraction of sp³-hybridized carbons (Fsp3) is 0.273. The average Bonchev–Trinajstić information content (AvgIpc) is 3.44. The number of anilines is 1. The first kappa shape index (κ1) is 33.5. The molecule has 0 radical (unpaired) electrons. The van der Waals surface area contributed by atoms with Gasteiger partial charge in [-0.3, -0.25) is 24.6 Å². The smallest absolute Gasteiger partial charge is 0.417 e. The number of aromatic hydroxyl groups is 1. The van der Waals surface area contributed by atoms with Crippen molar-refractivity contribution in [3.63, 3.8) is 0 Å². The van der Waals surface area contributed by atoms with Crippen LogP contribution in [0.3, 0.4) is 0 Å². The van der Waals surface area contributed by atoms with E-state index in [1.165, 1.54) is 36.4 Å². The number of carbonyl (C=O) groups is 5. The van der Waals surface area contributed by atoms with Gasteiger partial charge in [0.05, 0.1) is 33.8 Å². The summed E-state index contributed by atoms with van der Waals surface area (Å²) < 4.78 is 55.2. The maximum absolute atomic E-state index is 15.1. The number of fused-ring (bicyclic) bond motifs is 4. The molecule has 3 fully saturated rings. The quantitative estimate of drug-likeness (QED) is 0.185. The van der Waals surface area contributed by atoms with Crippen LogP contribution in [0.5, 0.6) is 5.75 Å². The zero-order valence-electron chi connectivity index (χ0n) is 25.2. The first-order chi connectivity index (χ1) is 23.6. The Morgan fingerprint density at radius 2 is 1.72 bits per heavy atom. The Labute approximate surface area is 289 Å². The number of halogens is 6. The van der Waals surface area contributed by atoms with Crippen molar-refractivity contribution in [1.29, 1.82) is 0 Å². The van der Waals surface area contributed by atoms with Gasteiger partial charge in [-0.2, -0.15) is 23.1 Å². The fourth-order valence-electron chi connectivity index (χ4n) is 8.11. The van der Waals surface area contributed by atoms with E-state index in [-0.39, 0.29) is 29.0 Å². The molecule has 7 rings (SSSR count). The number of pyridine rings is 1. The van der Waals surface area contributed by atoms with E-state index in [9.17, 15) is 37.5 Å². The highest BCUT2D eigenvalue weighted by Crippen LogP contribution is 2.65. The predicted octanol–water partition coefficient (Wildman–Crippen LogP) is 5.32. The van der Waals surface area contributed by atoms with Crippen molar-refractivity contribution < 1.29 is 46.6 Å². The van der Waals surface area contributed by atoms with E-state index in [0.29, 0.717) is 27.7 Å². The molecule has 3 aromatic rings. The van der Waals surface area contributed by atoms with Crippen LogP contribution in [-0.2, 0) is 30.8 Å². The molecular formula is C33H23Cl2F4N5O6. The Morgan fingerprint density at radius 3 is 2.36 bits per heavy atom. The third-order valence-electron chi connectivity index (χ3n) is 10.1. The molecule has 4 N–H and O–H groups in total. The highest BCUT2D eigenvalue weighted by Gasteiger charge is 2.71. The lowest BCUT2D eigenvalue weighted by atomic mass is 9.49. The molecule has 258 valence electrons. The van der Waals surface area contributed by atoms with E-state index in [0.717, 1.165) is 6.07 Å². The second-order valence-corrected chi connectivity index (χ2v) is 13.3. The van der Waals surface area contributed by atoms with Crippen molar-refractivity contribution in [2.75, 3.05) is 5.43 Å². The van der Waals surface area contributed by atoms with Crippen LogP contribution in [0.1, 0.15) is 35.4 Å². The number of amides is 6. The van der Waals surface area contributed by atoms with Crippen molar-refractivity contribution in [3.8, 4) is 5.75 Å². The largest absolute Gasteiger partial charge is 0.505 e. The summed E-state index contributed by atoms with van der Waals surface area (Å²) in [6, 6.07) is 8.75. The van der Waals surface area contributed by atoms with Gasteiger partial charge >= 0.3 is 12.2 Å². The zero-order chi connectivity index (χ0) is 36.0. The van der Waals surface area contributed by atoms with Crippen LogP contribution in [0.15, 0.2) is 66.4 Å². The van der Waals surface area contributed by atoms with Gasteiger partial charge in [-0.05, 0) is 48.6 Å². The number of nitrogens with zero attached hydrogens (tertiary/aromatic N) is 3. The van der Waals surface area contributed by atoms with Gasteiger partial charge in [0, 0.05) is 22.7 Å². The van der Waals surface area contributed by atoms with Crippen LogP contribution in [0.2, 0.25) is 10.0 Å². The van der Waals surface area contributed by atoms with Gasteiger partial charge in [-0.25, -0.2) is 14.2 Å². The number of nitrogens with two attached hydrogens (primary N) is 1. The molecule has 3 heterocycles. The summed E-state index contributed by atoms with van der Waals surface area (Å²) in [7, 11) is 0. The topological polar surface area (TPSA) is 163 Å². The molecular weight excluding hydrogens is 709 g/mol. The molecule has 0 spiro atoms. The van der Waals surface area contributed by atoms with E-state index in [1.807, 2.05) is 0 Å². The standard InChI is InChI=1S/C33H23Cl2F4N5O6/c34-15-6-4-13(5-7-15)32-20(28(47)44(30(32)49)42-26-21(35)10-14(12-41-26)33(37,38)39)11-19-16(24(32)18-2-1-3-22(36)25(18)45)8-9-17-23(19)29(48)43(27(17)46)31(40)50/h1-8,10,12,17,19-20,23-24,45H,9,11H2,(H2,40,50)(H,41,42)/t17-,19+,20-,23-,24+,32+/m0/s1. The normalized spacial score (nSPS) is 27.6. The molecule has 1 aromatic heterocycles. The van der Waals surface area contributed by atoms with Gasteiger partial charge < -0.3 is 10.8 Å². The van der Waals surface area contributed by atoms with Gasteiger partial charge in [-0.1, -0.05) is 59.1 Å². The van der Waals surface area contributed by atoms with E-state index < -0.39 is 98.8 Å². The van der Waals surface area contributed by atoms with Crippen LogP contribution in [0, 0.1) is 29.5 Å². The number of allylic oxidation sites excluding steroid dienone is 2. The summed E-state index contributed by atoms with van der Waals surface area (Å²) in [6.45, 7) is 0. The van der Waals surface area contributed by atoms with Crippen molar-refractivity contribution in [2.24, 2.45) is 29.4 Å². The number of phenols is 1. The molecule has 4 aliphatic rings. The van der Waals surface area contributed by atoms with Crippen molar-refractivity contribution in [1.82, 2.24) is 14.9 Å². The minimum Gasteiger partial charge on any atom is -0.505 e. The maximum Gasteiger partial charge on any atom is 0.417 e. The molecule has 0 unspecified atom stereocenters. The van der Waals surface area contributed by atoms with Crippen LogP contribution < -0.4 is 11.2 Å². The van der Waals surface area contributed by atoms with E-state index >= 15 is 9.18 Å². The van der Waals surface area contributed by atoms with E-state index in [4.69, 9.17) is 28.9 Å². The zero-order valence-corrected chi connectivity index (χ0v) is 26.8. The summed E-state index contributed by atoms with van der Waals surface area (Å²) in [5.41, 5.74) is 5.04. The summed E-state index contributed by atoms with van der Waals surface area (Å²) in [5, 5.41) is 11.4. The Kier molecular flexibility index (Phi) is 7.71. The second-order valence-electron chi connectivity index (χ2n) is 12.4.